The van der Waals surface area contributed by atoms with E-state index >= 15 is 0 Å². The van der Waals surface area contributed by atoms with Gasteiger partial charge in [-0.15, -0.1) is 0 Å². The van der Waals surface area contributed by atoms with Crippen molar-refractivity contribution < 1.29 is 4.79 Å². The summed E-state index contributed by atoms with van der Waals surface area (Å²) in [5, 5.41) is 0. The minimum atomic E-state index is 0.0463. The van der Waals surface area contributed by atoms with Crippen LogP contribution in [-0.2, 0) is 0 Å². The molecule has 1 aliphatic heterocycles. The van der Waals surface area contributed by atoms with Crippen LogP contribution in [0.15, 0.2) is 12.8 Å². The molecule has 0 spiro atoms. The molecule has 0 aliphatic carbocycles. The summed E-state index contributed by atoms with van der Waals surface area (Å²) < 4.78 is 0. The van der Waals surface area contributed by atoms with Crippen molar-refractivity contribution in [2.24, 2.45) is 0 Å². The predicted octanol–water partition coefficient (Wildman–Crippen LogP) is 0.497. The van der Waals surface area contributed by atoms with Gasteiger partial charge < -0.3 is 4.90 Å². The molecule has 0 unspecified atom stereocenters. The smallest absolute Gasteiger partial charge is 0.323 e. The lowest BCUT2D eigenvalue weighted by molar-refractivity contribution is 0.210. The Morgan fingerprint density at radius 3 is 2.56 bits per heavy atom. The molecular weight excluding hydrogens is 116 g/mol. The zero-order valence-electron chi connectivity index (χ0n) is 5.50. The maximum atomic E-state index is 10.9. The van der Waals surface area contributed by atoms with Crippen molar-refractivity contribution >= 4 is 6.03 Å². The van der Waals surface area contributed by atoms with Gasteiger partial charge in [-0.3, -0.25) is 4.90 Å². The first kappa shape index (κ1) is 6.13. The van der Waals surface area contributed by atoms with Gasteiger partial charge in [-0.2, -0.15) is 0 Å². The van der Waals surface area contributed by atoms with Crippen molar-refractivity contribution in [3.8, 4) is 0 Å². The van der Waals surface area contributed by atoms with Gasteiger partial charge in [0.25, 0.3) is 0 Å². The molecule has 50 valence electrons. The maximum Gasteiger partial charge on any atom is 0.323 e. The van der Waals surface area contributed by atoms with Gasteiger partial charge in [0.15, 0.2) is 0 Å². The van der Waals surface area contributed by atoms with E-state index in [2.05, 4.69) is 6.58 Å². The van der Waals surface area contributed by atoms with Crippen molar-refractivity contribution in [2.75, 3.05) is 20.1 Å². The molecular formula is C6H10N2O. The summed E-state index contributed by atoms with van der Waals surface area (Å²) in [6.07, 6.45) is 1.56. The summed E-state index contributed by atoms with van der Waals surface area (Å²) in [6.45, 7) is 5.09. The Hall–Kier alpha value is -0.990. The number of hydrogen-bond acceptors (Lipinski definition) is 1. The van der Waals surface area contributed by atoms with Crippen LogP contribution in [0.25, 0.3) is 0 Å². The van der Waals surface area contributed by atoms with Crippen LogP contribution in [0.3, 0.4) is 0 Å². The van der Waals surface area contributed by atoms with Gasteiger partial charge in [0, 0.05) is 26.3 Å². The van der Waals surface area contributed by atoms with Crippen molar-refractivity contribution in [3.63, 3.8) is 0 Å². The van der Waals surface area contributed by atoms with E-state index in [1.807, 2.05) is 0 Å². The van der Waals surface area contributed by atoms with E-state index in [9.17, 15) is 4.79 Å². The Bertz CT molecular complexity index is 144. The zero-order valence-corrected chi connectivity index (χ0v) is 5.50. The van der Waals surface area contributed by atoms with E-state index in [0.717, 1.165) is 13.1 Å². The molecule has 1 fully saturated rings. The molecule has 2 amide bonds. The molecule has 1 saturated heterocycles. The molecule has 0 saturated carbocycles. The van der Waals surface area contributed by atoms with E-state index in [1.165, 1.54) is 0 Å². The van der Waals surface area contributed by atoms with Crippen LogP contribution < -0.4 is 0 Å². The highest BCUT2D eigenvalue weighted by Crippen LogP contribution is 2.04. The van der Waals surface area contributed by atoms with Crippen LogP contribution in [0, 0.1) is 0 Å². The molecule has 0 N–H and O–H groups in total. The van der Waals surface area contributed by atoms with Crippen LogP contribution in [0.5, 0.6) is 0 Å². The third-order valence-electron chi connectivity index (χ3n) is 1.47. The number of carbonyl (C=O) groups excluding carboxylic acids is 1. The third kappa shape index (κ3) is 0.896. The fourth-order valence-corrected chi connectivity index (χ4v) is 0.838. The fraction of sp³-hybridized carbons (Fsp3) is 0.500. The SMILES string of the molecule is C=CN1CCN(C)C1=O. The zero-order chi connectivity index (χ0) is 6.85. The molecule has 3 heteroatoms. The summed E-state index contributed by atoms with van der Waals surface area (Å²) in [5.74, 6) is 0. The summed E-state index contributed by atoms with van der Waals surface area (Å²) >= 11 is 0. The molecule has 0 aromatic heterocycles. The van der Waals surface area contributed by atoms with E-state index in [4.69, 9.17) is 0 Å². The maximum absolute atomic E-state index is 10.9. The Kier molecular flexibility index (Phi) is 1.42. The van der Waals surface area contributed by atoms with E-state index in [-0.39, 0.29) is 6.03 Å². The van der Waals surface area contributed by atoms with E-state index in [0.29, 0.717) is 0 Å². The molecule has 3 nitrogen and oxygen atoms in total. The molecule has 0 radical (unpaired) electrons. The number of hydrogen-bond donors (Lipinski definition) is 0. The highest BCUT2D eigenvalue weighted by molar-refractivity contribution is 5.77. The summed E-state index contributed by atoms with van der Waals surface area (Å²) in [7, 11) is 1.78. The normalized spacial score (nSPS) is 19.0. The quantitative estimate of drug-likeness (QED) is 0.501. The first-order valence-electron chi connectivity index (χ1n) is 2.90. The lowest BCUT2D eigenvalue weighted by Gasteiger charge is -2.08. The standard InChI is InChI=1S/C6H10N2O/c1-3-8-5-4-7(2)6(8)9/h3H,1,4-5H2,2H3. The van der Waals surface area contributed by atoms with Gasteiger partial charge >= 0.3 is 6.03 Å². The van der Waals surface area contributed by atoms with Crippen LogP contribution in [0.1, 0.15) is 0 Å². The highest BCUT2D eigenvalue weighted by Gasteiger charge is 2.21. The molecule has 0 aromatic carbocycles. The molecule has 9 heavy (non-hydrogen) atoms. The van der Waals surface area contributed by atoms with Crippen molar-refractivity contribution in [2.45, 2.75) is 0 Å². The van der Waals surface area contributed by atoms with Crippen molar-refractivity contribution in [1.82, 2.24) is 9.80 Å². The van der Waals surface area contributed by atoms with Crippen molar-refractivity contribution in [3.05, 3.63) is 12.8 Å². The Balaban J connectivity index is 2.61. The van der Waals surface area contributed by atoms with Crippen LogP contribution >= 0.6 is 0 Å². The molecule has 0 bridgehead atoms. The first-order valence-corrected chi connectivity index (χ1v) is 2.90. The lowest BCUT2D eigenvalue weighted by atomic mass is 10.6. The largest absolute Gasteiger partial charge is 0.326 e. The number of urea groups is 1. The number of rotatable bonds is 1. The van der Waals surface area contributed by atoms with E-state index < -0.39 is 0 Å². The van der Waals surface area contributed by atoms with Gasteiger partial charge in [-0.25, -0.2) is 4.79 Å². The summed E-state index contributed by atoms with van der Waals surface area (Å²) in [4.78, 5) is 14.2. The summed E-state index contributed by atoms with van der Waals surface area (Å²) in [5.41, 5.74) is 0. The topological polar surface area (TPSA) is 23.6 Å². The van der Waals surface area contributed by atoms with Crippen LogP contribution in [0.2, 0.25) is 0 Å². The molecule has 1 rings (SSSR count). The first-order chi connectivity index (χ1) is 4.25. The molecule has 0 atom stereocenters. The van der Waals surface area contributed by atoms with Crippen LogP contribution in [-0.4, -0.2) is 36.0 Å². The second-order valence-electron chi connectivity index (χ2n) is 2.08. The highest BCUT2D eigenvalue weighted by atomic mass is 16.2. The number of likely N-dealkylation sites (N-methyl/N-ethyl adjacent to an activating group) is 1. The van der Waals surface area contributed by atoms with Gasteiger partial charge in [-0.1, -0.05) is 6.58 Å². The number of amides is 2. The van der Waals surface area contributed by atoms with Gasteiger partial charge in [0.05, 0.1) is 0 Å². The van der Waals surface area contributed by atoms with E-state index in [1.54, 1.807) is 23.0 Å². The second-order valence-corrected chi connectivity index (χ2v) is 2.08. The van der Waals surface area contributed by atoms with Gasteiger partial charge in [-0.05, 0) is 0 Å². The Morgan fingerprint density at radius 1 is 1.67 bits per heavy atom. The fourth-order valence-electron chi connectivity index (χ4n) is 0.838. The van der Waals surface area contributed by atoms with Crippen LogP contribution in [0.4, 0.5) is 4.79 Å². The van der Waals surface area contributed by atoms with Gasteiger partial charge in [0.1, 0.15) is 0 Å². The third-order valence-corrected chi connectivity index (χ3v) is 1.47. The second kappa shape index (κ2) is 2.09. The summed E-state index contributed by atoms with van der Waals surface area (Å²) in [6, 6.07) is 0.0463. The van der Waals surface area contributed by atoms with Crippen molar-refractivity contribution in [1.29, 1.82) is 0 Å². The Morgan fingerprint density at radius 2 is 2.33 bits per heavy atom. The van der Waals surface area contributed by atoms with Gasteiger partial charge in [0.2, 0.25) is 0 Å². The average Bonchev–Trinajstić information content (AvgIpc) is 2.15. The lowest BCUT2D eigenvalue weighted by Crippen LogP contribution is -2.24. The number of nitrogens with zero attached hydrogens (tertiary/aromatic N) is 2. The minimum Gasteiger partial charge on any atom is -0.326 e. The Labute approximate surface area is 54.5 Å². The predicted molar refractivity (Wildman–Crippen MR) is 34.9 cm³/mol. The molecule has 1 aliphatic rings. The molecule has 1 heterocycles. The minimum absolute atomic E-state index is 0.0463. The number of carbonyl (C=O) groups is 1. The average molecular weight is 126 g/mol. The molecule has 0 aromatic rings. The monoisotopic (exact) mass is 126 g/mol.